The average Bonchev–Trinajstić information content (AvgIpc) is 3.01. The number of carbonyl (C=O) groups excluding carboxylic acids is 2. The summed E-state index contributed by atoms with van der Waals surface area (Å²) in [7, 11) is 1.81. The van der Waals surface area contributed by atoms with Crippen molar-refractivity contribution in [2.45, 2.75) is 13.3 Å². The number of ether oxygens (including phenoxy) is 3. The number of carbonyl (C=O) groups is 2. The summed E-state index contributed by atoms with van der Waals surface area (Å²) in [5.74, 6) is 1.00. The first-order chi connectivity index (χ1) is 12.5. The zero-order chi connectivity index (χ0) is 18.3. The van der Waals surface area contributed by atoms with Crippen molar-refractivity contribution < 1.29 is 23.8 Å². The second-order valence-corrected chi connectivity index (χ2v) is 7.73. The summed E-state index contributed by atoms with van der Waals surface area (Å²) in [5, 5.41) is 0. The molecule has 1 atom stereocenters. The monoisotopic (exact) mass is 360 g/mol. The maximum absolute atomic E-state index is 12.8. The van der Waals surface area contributed by atoms with Crippen LogP contribution in [0.25, 0.3) is 0 Å². The van der Waals surface area contributed by atoms with E-state index in [9.17, 15) is 9.59 Å². The highest BCUT2D eigenvalue weighted by molar-refractivity contribution is 6.00. The molecule has 4 rings (SSSR count). The van der Waals surface area contributed by atoms with Crippen LogP contribution in [-0.4, -0.2) is 63.3 Å². The number of rotatable bonds is 4. The van der Waals surface area contributed by atoms with Gasteiger partial charge in [0.2, 0.25) is 11.8 Å². The van der Waals surface area contributed by atoms with Crippen molar-refractivity contribution >= 4 is 17.5 Å². The second kappa shape index (κ2) is 6.46. The number of benzene rings is 1. The number of anilines is 1. The molecule has 2 amide bonds. The van der Waals surface area contributed by atoms with E-state index in [1.807, 2.05) is 25.2 Å². The van der Waals surface area contributed by atoms with E-state index in [2.05, 4.69) is 6.92 Å². The molecule has 140 valence electrons. The Kier molecular flexibility index (Phi) is 4.26. The van der Waals surface area contributed by atoms with Crippen LogP contribution in [0, 0.1) is 11.3 Å². The minimum absolute atomic E-state index is 0.0199. The molecule has 0 bridgehead atoms. The first kappa shape index (κ1) is 17.1. The number of fused-ring (bicyclic) bond motifs is 1. The van der Waals surface area contributed by atoms with Crippen molar-refractivity contribution in [2.75, 3.05) is 51.5 Å². The van der Waals surface area contributed by atoms with Crippen LogP contribution in [0.1, 0.15) is 13.3 Å². The molecule has 0 N–H and O–H groups in total. The van der Waals surface area contributed by atoms with Gasteiger partial charge in [-0.3, -0.25) is 9.59 Å². The maximum atomic E-state index is 12.8. The SMILES string of the molecule is CN(CC1(C)COC1)C(=O)[C@H]1CC(=O)N(c2ccc3c(c2)OCCO3)C1. The standard InChI is InChI=1S/C19H24N2O5/c1-19(11-24-12-19)10-20(2)18(23)13-7-17(22)21(9-13)14-3-4-15-16(8-14)26-6-5-25-15/h3-4,8,13H,5-7,9-12H2,1-2H3/t13-/m0/s1. The summed E-state index contributed by atoms with van der Waals surface area (Å²) < 4.78 is 16.4. The Bertz CT molecular complexity index is 731. The molecule has 0 radical (unpaired) electrons. The van der Waals surface area contributed by atoms with Crippen molar-refractivity contribution in [1.82, 2.24) is 4.90 Å². The van der Waals surface area contributed by atoms with Crippen LogP contribution >= 0.6 is 0 Å². The van der Waals surface area contributed by atoms with Gasteiger partial charge in [0.05, 0.1) is 19.1 Å². The van der Waals surface area contributed by atoms with E-state index < -0.39 is 0 Å². The molecule has 3 aliphatic heterocycles. The predicted octanol–water partition coefficient (Wildman–Crippen LogP) is 1.31. The summed E-state index contributed by atoms with van der Waals surface area (Å²) in [6.45, 7) is 5.55. The molecule has 0 aromatic heterocycles. The van der Waals surface area contributed by atoms with E-state index >= 15 is 0 Å². The molecule has 2 saturated heterocycles. The zero-order valence-corrected chi connectivity index (χ0v) is 15.2. The van der Waals surface area contributed by atoms with Gasteiger partial charge in [-0.1, -0.05) is 6.92 Å². The molecular formula is C19H24N2O5. The molecule has 7 nitrogen and oxygen atoms in total. The van der Waals surface area contributed by atoms with E-state index in [1.54, 1.807) is 9.80 Å². The lowest BCUT2D eigenvalue weighted by molar-refractivity contribution is -0.145. The number of hydrogen-bond donors (Lipinski definition) is 0. The van der Waals surface area contributed by atoms with Crippen LogP contribution in [-0.2, 0) is 14.3 Å². The van der Waals surface area contributed by atoms with Gasteiger partial charge in [-0.15, -0.1) is 0 Å². The van der Waals surface area contributed by atoms with Gasteiger partial charge in [0.15, 0.2) is 11.5 Å². The highest BCUT2D eigenvalue weighted by Crippen LogP contribution is 2.36. The molecule has 0 aliphatic carbocycles. The number of nitrogens with zero attached hydrogens (tertiary/aromatic N) is 2. The Morgan fingerprint density at radius 1 is 1.27 bits per heavy atom. The smallest absolute Gasteiger partial charge is 0.227 e. The van der Waals surface area contributed by atoms with Crippen molar-refractivity contribution in [3.8, 4) is 11.5 Å². The summed E-state index contributed by atoms with van der Waals surface area (Å²) in [5.41, 5.74) is 0.777. The molecule has 1 aromatic rings. The lowest BCUT2D eigenvalue weighted by Gasteiger charge is -2.41. The number of hydrogen-bond acceptors (Lipinski definition) is 5. The third-order valence-corrected chi connectivity index (χ3v) is 5.21. The van der Waals surface area contributed by atoms with Gasteiger partial charge < -0.3 is 24.0 Å². The van der Waals surface area contributed by atoms with Gasteiger partial charge in [-0.05, 0) is 12.1 Å². The molecule has 2 fully saturated rings. The molecule has 26 heavy (non-hydrogen) atoms. The van der Waals surface area contributed by atoms with E-state index in [1.165, 1.54) is 0 Å². The van der Waals surface area contributed by atoms with E-state index in [4.69, 9.17) is 14.2 Å². The van der Waals surface area contributed by atoms with Crippen LogP contribution in [0.15, 0.2) is 18.2 Å². The van der Waals surface area contributed by atoms with Crippen molar-refractivity contribution in [2.24, 2.45) is 11.3 Å². The third kappa shape index (κ3) is 3.11. The minimum Gasteiger partial charge on any atom is -0.486 e. The van der Waals surface area contributed by atoms with Crippen molar-refractivity contribution in [3.63, 3.8) is 0 Å². The molecule has 3 heterocycles. The third-order valence-electron chi connectivity index (χ3n) is 5.21. The first-order valence-electron chi connectivity index (χ1n) is 8.98. The molecule has 1 aromatic carbocycles. The fourth-order valence-corrected chi connectivity index (χ4v) is 3.83. The topological polar surface area (TPSA) is 68.3 Å². The Morgan fingerprint density at radius 2 is 2.00 bits per heavy atom. The van der Waals surface area contributed by atoms with Gasteiger partial charge in [0.1, 0.15) is 13.2 Å². The quantitative estimate of drug-likeness (QED) is 0.810. The van der Waals surface area contributed by atoms with Gasteiger partial charge in [-0.25, -0.2) is 0 Å². The fourth-order valence-electron chi connectivity index (χ4n) is 3.83. The van der Waals surface area contributed by atoms with Crippen LogP contribution in [0.2, 0.25) is 0 Å². The maximum Gasteiger partial charge on any atom is 0.227 e. The van der Waals surface area contributed by atoms with E-state index in [-0.39, 0.29) is 29.6 Å². The van der Waals surface area contributed by atoms with E-state index in [0.717, 1.165) is 5.69 Å². The summed E-state index contributed by atoms with van der Waals surface area (Å²) >= 11 is 0. The molecule has 0 spiro atoms. The largest absolute Gasteiger partial charge is 0.486 e. The summed E-state index contributed by atoms with van der Waals surface area (Å²) in [6.07, 6.45) is 0.241. The molecule has 0 saturated carbocycles. The van der Waals surface area contributed by atoms with Crippen LogP contribution in [0.3, 0.4) is 0 Å². The van der Waals surface area contributed by atoms with Crippen LogP contribution in [0.4, 0.5) is 5.69 Å². The van der Waals surface area contributed by atoms with Crippen LogP contribution < -0.4 is 14.4 Å². The Balaban J connectivity index is 1.44. The Morgan fingerprint density at radius 3 is 2.69 bits per heavy atom. The van der Waals surface area contributed by atoms with Gasteiger partial charge in [-0.2, -0.15) is 0 Å². The minimum atomic E-state index is -0.315. The van der Waals surface area contributed by atoms with Crippen LogP contribution in [0.5, 0.6) is 11.5 Å². The Hall–Kier alpha value is -2.28. The lowest BCUT2D eigenvalue weighted by atomic mass is 9.88. The van der Waals surface area contributed by atoms with Gasteiger partial charge in [0, 0.05) is 43.7 Å². The normalized spacial score (nSPS) is 23.5. The highest BCUT2D eigenvalue weighted by atomic mass is 16.6. The first-order valence-corrected chi connectivity index (χ1v) is 8.98. The van der Waals surface area contributed by atoms with Crippen molar-refractivity contribution in [3.05, 3.63) is 18.2 Å². The molecule has 3 aliphatic rings. The summed E-state index contributed by atoms with van der Waals surface area (Å²) in [6, 6.07) is 5.47. The van der Waals surface area contributed by atoms with Crippen molar-refractivity contribution in [1.29, 1.82) is 0 Å². The predicted molar refractivity (Wildman–Crippen MR) is 94.5 cm³/mol. The lowest BCUT2D eigenvalue weighted by Crippen LogP contribution is -2.50. The van der Waals surface area contributed by atoms with E-state index in [0.29, 0.717) is 51.0 Å². The number of amides is 2. The highest BCUT2D eigenvalue weighted by Gasteiger charge is 2.40. The molecule has 7 heteroatoms. The average molecular weight is 360 g/mol. The fraction of sp³-hybridized carbons (Fsp3) is 0.579. The van der Waals surface area contributed by atoms with Gasteiger partial charge >= 0.3 is 0 Å². The zero-order valence-electron chi connectivity index (χ0n) is 15.2. The Labute approximate surface area is 152 Å². The van der Waals surface area contributed by atoms with Gasteiger partial charge in [0.25, 0.3) is 0 Å². The second-order valence-electron chi connectivity index (χ2n) is 7.73. The summed E-state index contributed by atoms with van der Waals surface area (Å²) in [4.78, 5) is 28.7. The molecule has 0 unspecified atom stereocenters. The molecular weight excluding hydrogens is 336 g/mol.